The SMILES string of the molecule is Cn1c(C(=O)OC(C)(C)C)cnc1CN1CCC(n2c(=O)n(-c3ccc(C4CC4)cc3)c3cccnc32)C1. The number of benzene rings is 1. The molecule has 9 nitrogen and oxygen atoms in total. The second-order valence-corrected chi connectivity index (χ2v) is 11.5. The van der Waals surface area contributed by atoms with Crippen LogP contribution in [0.3, 0.4) is 0 Å². The first-order valence-corrected chi connectivity index (χ1v) is 13.3. The van der Waals surface area contributed by atoms with Gasteiger partial charge in [0.1, 0.15) is 17.1 Å². The average Bonchev–Trinajstić information content (AvgIpc) is 3.42. The quantitative estimate of drug-likeness (QED) is 0.359. The average molecular weight is 515 g/mol. The van der Waals surface area contributed by atoms with Crippen molar-refractivity contribution in [1.82, 2.24) is 28.6 Å². The fourth-order valence-electron chi connectivity index (χ4n) is 5.42. The van der Waals surface area contributed by atoms with Crippen molar-refractivity contribution in [3.05, 3.63) is 76.4 Å². The van der Waals surface area contributed by atoms with E-state index in [0.29, 0.717) is 30.3 Å². The number of likely N-dealkylation sites (tertiary alicyclic amines) is 1. The van der Waals surface area contributed by atoms with Gasteiger partial charge in [-0.2, -0.15) is 0 Å². The normalized spacial score (nSPS) is 18.4. The molecule has 1 atom stereocenters. The van der Waals surface area contributed by atoms with Crippen LogP contribution in [-0.4, -0.2) is 53.2 Å². The largest absolute Gasteiger partial charge is 0.455 e. The van der Waals surface area contributed by atoms with E-state index in [-0.39, 0.29) is 17.7 Å². The van der Waals surface area contributed by atoms with Gasteiger partial charge in [0.05, 0.1) is 30.0 Å². The lowest BCUT2D eigenvalue weighted by atomic mass is 10.1. The van der Waals surface area contributed by atoms with Crippen LogP contribution in [0, 0.1) is 0 Å². The number of esters is 1. The fraction of sp³-hybridized carbons (Fsp3) is 0.448. The highest BCUT2D eigenvalue weighted by molar-refractivity contribution is 5.87. The number of carbonyl (C=O) groups excluding carboxylic acids is 1. The van der Waals surface area contributed by atoms with Gasteiger partial charge in [-0.15, -0.1) is 0 Å². The van der Waals surface area contributed by atoms with Crippen LogP contribution in [0.5, 0.6) is 0 Å². The number of nitrogens with zero attached hydrogens (tertiary/aromatic N) is 6. The summed E-state index contributed by atoms with van der Waals surface area (Å²) in [5, 5.41) is 0. The monoisotopic (exact) mass is 514 g/mol. The zero-order chi connectivity index (χ0) is 26.6. The summed E-state index contributed by atoms with van der Waals surface area (Å²) in [5.41, 5.74) is 3.55. The van der Waals surface area contributed by atoms with Crippen molar-refractivity contribution in [2.75, 3.05) is 13.1 Å². The Bertz CT molecular complexity index is 1550. The van der Waals surface area contributed by atoms with Crippen molar-refractivity contribution in [3.8, 4) is 5.69 Å². The molecule has 6 rings (SSSR count). The van der Waals surface area contributed by atoms with E-state index < -0.39 is 5.60 Å². The van der Waals surface area contributed by atoms with Gasteiger partial charge < -0.3 is 9.30 Å². The van der Waals surface area contributed by atoms with E-state index in [1.165, 1.54) is 18.4 Å². The second kappa shape index (κ2) is 9.23. The molecule has 1 aliphatic heterocycles. The number of fused-ring (bicyclic) bond motifs is 1. The molecule has 4 heterocycles. The van der Waals surface area contributed by atoms with Crippen LogP contribution in [0.15, 0.2) is 53.6 Å². The number of rotatable bonds is 6. The molecule has 0 N–H and O–H groups in total. The molecule has 1 aliphatic carbocycles. The Morgan fingerprint density at radius 3 is 2.55 bits per heavy atom. The molecule has 198 valence electrons. The number of carbonyl (C=O) groups is 1. The van der Waals surface area contributed by atoms with Crippen molar-refractivity contribution in [3.63, 3.8) is 0 Å². The predicted octanol–water partition coefficient (Wildman–Crippen LogP) is 4.20. The topological polar surface area (TPSA) is 87.2 Å². The van der Waals surface area contributed by atoms with E-state index >= 15 is 0 Å². The molecule has 1 aromatic carbocycles. The maximum Gasteiger partial charge on any atom is 0.357 e. The van der Waals surface area contributed by atoms with E-state index in [1.54, 1.807) is 21.5 Å². The van der Waals surface area contributed by atoms with Crippen LogP contribution in [0.4, 0.5) is 0 Å². The molecule has 38 heavy (non-hydrogen) atoms. The second-order valence-electron chi connectivity index (χ2n) is 11.5. The Kier molecular flexibility index (Phi) is 5.98. The highest BCUT2D eigenvalue weighted by Gasteiger charge is 2.30. The molecule has 1 saturated carbocycles. The molecule has 1 unspecified atom stereocenters. The van der Waals surface area contributed by atoms with Crippen LogP contribution >= 0.6 is 0 Å². The van der Waals surface area contributed by atoms with Crippen LogP contribution < -0.4 is 5.69 Å². The van der Waals surface area contributed by atoms with E-state index in [0.717, 1.165) is 30.0 Å². The third-order valence-electron chi connectivity index (χ3n) is 7.50. The van der Waals surface area contributed by atoms with Gasteiger partial charge in [0, 0.05) is 26.3 Å². The number of hydrogen-bond acceptors (Lipinski definition) is 6. The first-order chi connectivity index (χ1) is 18.2. The molecule has 0 bridgehead atoms. The van der Waals surface area contributed by atoms with Crippen molar-refractivity contribution in [1.29, 1.82) is 0 Å². The number of ether oxygens (including phenoxy) is 1. The summed E-state index contributed by atoms with van der Waals surface area (Å²) in [6.45, 7) is 7.65. The lowest BCUT2D eigenvalue weighted by Crippen LogP contribution is -2.29. The van der Waals surface area contributed by atoms with Gasteiger partial charge >= 0.3 is 11.7 Å². The molecule has 2 aliphatic rings. The molecule has 3 aromatic heterocycles. The number of hydrogen-bond donors (Lipinski definition) is 0. The maximum atomic E-state index is 13.8. The molecular weight excluding hydrogens is 480 g/mol. The third-order valence-corrected chi connectivity index (χ3v) is 7.50. The van der Waals surface area contributed by atoms with E-state index in [4.69, 9.17) is 4.74 Å². The van der Waals surface area contributed by atoms with Gasteiger partial charge in [-0.3, -0.25) is 14.0 Å². The van der Waals surface area contributed by atoms with Crippen molar-refractivity contribution in [2.45, 2.75) is 64.1 Å². The highest BCUT2D eigenvalue weighted by Crippen LogP contribution is 2.40. The Hall–Kier alpha value is -3.72. The highest BCUT2D eigenvalue weighted by atomic mass is 16.6. The fourth-order valence-corrected chi connectivity index (χ4v) is 5.42. The van der Waals surface area contributed by atoms with E-state index in [2.05, 4.69) is 39.1 Å². The zero-order valence-electron chi connectivity index (χ0n) is 22.4. The number of pyridine rings is 1. The van der Waals surface area contributed by atoms with Gasteiger partial charge in [0.15, 0.2) is 5.65 Å². The van der Waals surface area contributed by atoms with Crippen molar-refractivity contribution in [2.24, 2.45) is 7.05 Å². The van der Waals surface area contributed by atoms with E-state index in [1.807, 2.05) is 44.5 Å². The summed E-state index contributed by atoms with van der Waals surface area (Å²) in [5.74, 6) is 1.08. The van der Waals surface area contributed by atoms with Crippen LogP contribution in [0.25, 0.3) is 16.9 Å². The minimum Gasteiger partial charge on any atom is -0.455 e. The molecule has 0 spiro atoms. The smallest absolute Gasteiger partial charge is 0.357 e. The Morgan fingerprint density at radius 1 is 1.08 bits per heavy atom. The molecular formula is C29H34N6O3. The third kappa shape index (κ3) is 4.55. The summed E-state index contributed by atoms with van der Waals surface area (Å²) in [6.07, 6.45) is 6.66. The molecule has 9 heteroatoms. The van der Waals surface area contributed by atoms with Crippen LogP contribution in [0.2, 0.25) is 0 Å². The molecule has 0 radical (unpaired) electrons. The lowest BCUT2D eigenvalue weighted by Gasteiger charge is -2.20. The molecule has 4 aromatic rings. The molecule has 0 amide bonds. The van der Waals surface area contributed by atoms with E-state index in [9.17, 15) is 9.59 Å². The first-order valence-electron chi connectivity index (χ1n) is 13.3. The number of imidazole rings is 2. The van der Waals surface area contributed by atoms with Crippen molar-refractivity contribution >= 4 is 17.1 Å². The standard InChI is InChI=1S/C29H34N6O3/c1-29(2,3)38-27(36)24-16-31-25(32(24)4)18-33-15-13-22(17-33)35-26-23(6-5-14-30-26)34(28(35)37)21-11-9-20(10-12-21)19-7-8-19/h5-6,9-12,14,16,19,22H,7-8,13,15,17-18H2,1-4H3. The molecule has 1 saturated heterocycles. The summed E-state index contributed by atoms with van der Waals surface area (Å²) in [7, 11) is 1.84. The number of aromatic nitrogens is 5. The lowest BCUT2D eigenvalue weighted by molar-refractivity contribution is 0.00584. The van der Waals surface area contributed by atoms with Gasteiger partial charge in [-0.25, -0.2) is 19.6 Å². The predicted molar refractivity (Wildman–Crippen MR) is 145 cm³/mol. The zero-order valence-corrected chi connectivity index (χ0v) is 22.4. The summed E-state index contributed by atoms with van der Waals surface area (Å²) < 4.78 is 11.0. The first kappa shape index (κ1) is 24.6. The Balaban J connectivity index is 1.24. The maximum absolute atomic E-state index is 13.8. The summed E-state index contributed by atoms with van der Waals surface area (Å²) in [6, 6.07) is 12.2. The van der Waals surface area contributed by atoms with Gasteiger partial charge in [-0.1, -0.05) is 12.1 Å². The van der Waals surface area contributed by atoms with Gasteiger partial charge in [-0.05, 0) is 75.8 Å². The minimum absolute atomic E-state index is 0.00233. The van der Waals surface area contributed by atoms with Gasteiger partial charge in [0.25, 0.3) is 0 Å². The summed E-state index contributed by atoms with van der Waals surface area (Å²) >= 11 is 0. The minimum atomic E-state index is -0.566. The Labute approximate surface area is 221 Å². The van der Waals surface area contributed by atoms with Crippen molar-refractivity contribution < 1.29 is 9.53 Å². The van der Waals surface area contributed by atoms with Gasteiger partial charge in [0.2, 0.25) is 0 Å². The molecule has 2 fully saturated rings. The van der Waals surface area contributed by atoms with Crippen LogP contribution in [0.1, 0.15) is 73.9 Å². The summed E-state index contributed by atoms with van der Waals surface area (Å²) in [4.78, 5) is 37.8. The Morgan fingerprint density at radius 2 is 1.84 bits per heavy atom. The van der Waals surface area contributed by atoms with Crippen LogP contribution in [-0.2, 0) is 18.3 Å².